The fourth-order valence-corrected chi connectivity index (χ4v) is 5.46. The first-order valence-corrected chi connectivity index (χ1v) is 14.6. The lowest BCUT2D eigenvalue weighted by Crippen LogP contribution is -2.51. The van der Waals surface area contributed by atoms with Gasteiger partial charge < -0.3 is 15.0 Å². The third kappa shape index (κ3) is 8.07. The van der Waals surface area contributed by atoms with E-state index in [2.05, 4.69) is 5.32 Å². The van der Waals surface area contributed by atoms with Crippen LogP contribution in [0.4, 0.5) is 5.69 Å². The smallest absolute Gasteiger partial charge is 0.264 e. The summed E-state index contributed by atoms with van der Waals surface area (Å²) < 4.78 is 34.2. The molecule has 1 atom stereocenters. The van der Waals surface area contributed by atoms with Crippen LogP contribution in [0.25, 0.3) is 0 Å². The van der Waals surface area contributed by atoms with E-state index in [1.807, 2.05) is 44.2 Å². The third-order valence-corrected chi connectivity index (χ3v) is 8.03. The van der Waals surface area contributed by atoms with Gasteiger partial charge in [0.2, 0.25) is 11.8 Å². The Balaban J connectivity index is 1.97. The molecule has 39 heavy (non-hydrogen) atoms. The van der Waals surface area contributed by atoms with Gasteiger partial charge in [0, 0.05) is 13.1 Å². The van der Waals surface area contributed by atoms with Crippen molar-refractivity contribution in [3.05, 3.63) is 90.5 Å². The highest BCUT2D eigenvalue weighted by molar-refractivity contribution is 7.92. The van der Waals surface area contributed by atoms with E-state index < -0.39 is 28.5 Å². The maximum Gasteiger partial charge on any atom is 0.264 e. The molecule has 0 saturated carbocycles. The zero-order valence-corrected chi connectivity index (χ0v) is 23.6. The molecular weight excluding hydrogens is 514 g/mol. The quantitative estimate of drug-likeness (QED) is 0.295. The number of anilines is 1. The zero-order chi connectivity index (χ0) is 28.3. The molecule has 0 bridgehead atoms. The molecule has 0 spiro atoms. The minimum absolute atomic E-state index is 0.0617. The summed E-state index contributed by atoms with van der Waals surface area (Å²) in [6, 6.07) is 23.1. The molecule has 9 heteroatoms. The van der Waals surface area contributed by atoms with E-state index in [1.54, 1.807) is 49.4 Å². The molecule has 0 radical (unpaired) electrons. The molecule has 0 unspecified atom stereocenters. The number of hydrogen-bond donors (Lipinski definition) is 1. The van der Waals surface area contributed by atoms with Crippen LogP contribution in [0, 0.1) is 0 Å². The van der Waals surface area contributed by atoms with Gasteiger partial charge in [-0.25, -0.2) is 8.42 Å². The number of hydrogen-bond acceptors (Lipinski definition) is 5. The SMILES string of the molecule is CCCCNC(=O)[C@@H](C)N(Cc1ccccc1)C(=O)CN(c1ccc(OCC)cc1)S(=O)(=O)c1ccccc1. The molecule has 208 valence electrons. The van der Waals surface area contributed by atoms with Gasteiger partial charge in [-0.15, -0.1) is 0 Å². The number of rotatable bonds is 14. The lowest BCUT2D eigenvalue weighted by molar-refractivity contribution is -0.139. The predicted octanol–water partition coefficient (Wildman–Crippen LogP) is 4.61. The van der Waals surface area contributed by atoms with E-state index in [1.165, 1.54) is 17.0 Å². The molecule has 2 amide bonds. The van der Waals surface area contributed by atoms with Crippen molar-refractivity contribution in [1.29, 1.82) is 0 Å². The Hall–Kier alpha value is -3.85. The molecule has 0 saturated heterocycles. The lowest BCUT2D eigenvalue weighted by Gasteiger charge is -2.32. The van der Waals surface area contributed by atoms with E-state index in [4.69, 9.17) is 4.74 Å². The van der Waals surface area contributed by atoms with Gasteiger partial charge in [0.05, 0.1) is 17.2 Å². The van der Waals surface area contributed by atoms with Crippen molar-refractivity contribution in [3.63, 3.8) is 0 Å². The van der Waals surface area contributed by atoms with Gasteiger partial charge in [0.1, 0.15) is 18.3 Å². The van der Waals surface area contributed by atoms with Crippen LogP contribution >= 0.6 is 0 Å². The first kappa shape index (κ1) is 29.7. The molecule has 1 N–H and O–H groups in total. The molecular formula is C30H37N3O5S. The van der Waals surface area contributed by atoms with E-state index in [9.17, 15) is 18.0 Å². The highest BCUT2D eigenvalue weighted by Crippen LogP contribution is 2.26. The van der Waals surface area contributed by atoms with E-state index >= 15 is 0 Å². The first-order chi connectivity index (χ1) is 18.8. The average molecular weight is 552 g/mol. The molecule has 3 aromatic rings. The van der Waals surface area contributed by atoms with Crippen LogP contribution in [-0.2, 0) is 26.2 Å². The highest BCUT2D eigenvalue weighted by atomic mass is 32.2. The summed E-state index contributed by atoms with van der Waals surface area (Å²) in [5.74, 6) is -0.190. The number of unbranched alkanes of at least 4 members (excludes halogenated alkanes) is 1. The van der Waals surface area contributed by atoms with Crippen LogP contribution in [0.2, 0.25) is 0 Å². The Morgan fingerprint density at radius 2 is 1.51 bits per heavy atom. The van der Waals surface area contributed by atoms with Gasteiger partial charge in [-0.1, -0.05) is 61.9 Å². The van der Waals surface area contributed by atoms with Crippen LogP contribution in [-0.4, -0.2) is 50.9 Å². The number of ether oxygens (including phenoxy) is 1. The molecule has 0 fully saturated rings. The Labute approximate surface area is 231 Å². The molecule has 3 rings (SSSR count). The van der Waals surface area contributed by atoms with Crippen molar-refractivity contribution in [2.24, 2.45) is 0 Å². The Bertz CT molecular complexity index is 1300. The summed E-state index contributed by atoms with van der Waals surface area (Å²) in [7, 11) is -4.10. The number of benzene rings is 3. The van der Waals surface area contributed by atoms with Crippen molar-refractivity contribution in [1.82, 2.24) is 10.2 Å². The Kier molecular flexibility index (Phi) is 10.9. The highest BCUT2D eigenvalue weighted by Gasteiger charge is 2.32. The topological polar surface area (TPSA) is 96.0 Å². The average Bonchev–Trinajstić information content (AvgIpc) is 2.96. The maximum absolute atomic E-state index is 13.9. The number of sulfonamides is 1. The maximum atomic E-state index is 13.9. The molecule has 0 aliphatic heterocycles. The standard InChI is InChI=1S/C30H37N3O5S/c1-4-6-21-31-30(35)24(3)32(22-25-13-9-7-10-14-25)29(34)23-33(26-17-19-27(20-18-26)38-5-2)39(36,37)28-15-11-8-12-16-28/h7-20,24H,4-6,21-23H2,1-3H3,(H,31,35)/t24-/m1/s1. The summed E-state index contributed by atoms with van der Waals surface area (Å²) >= 11 is 0. The van der Waals surface area contributed by atoms with Gasteiger partial charge in [-0.2, -0.15) is 0 Å². The monoisotopic (exact) mass is 551 g/mol. The minimum atomic E-state index is -4.10. The van der Waals surface area contributed by atoms with Crippen molar-refractivity contribution >= 4 is 27.5 Å². The lowest BCUT2D eigenvalue weighted by atomic mass is 10.1. The van der Waals surface area contributed by atoms with E-state index in [-0.39, 0.29) is 17.3 Å². The summed E-state index contributed by atoms with van der Waals surface area (Å²) in [4.78, 5) is 28.3. The summed E-state index contributed by atoms with van der Waals surface area (Å²) in [6.07, 6.45) is 1.75. The van der Waals surface area contributed by atoms with Crippen molar-refractivity contribution < 1.29 is 22.7 Å². The summed E-state index contributed by atoms with van der Waals surface area (Å²) in [5, 5.41) is 2.89. The third-order valence-electron chi connectivity index (χ3n) is 6.24. The Morgan fingerprint density at radius 1 is 0.897 bits per heavy atom. The number of nitrogens with one attached hydrogen (secondary N) is 1. The molecule has 8 nitrogen and oxygen atoms in total. The molecule has 0 aromatic heterocycles. The number of carbonyl (C=O) groups is 2. The molecule has 0 heterocycles. The number of amides is 2. The van der Waals surface area contributed by atoms with Crippen LogP contribution in [0.1, 0.15) is 39.2 Å². The van der Waals surface area contributed by atoms with Crippen LogP contribution in [0.15, 0.2) is 89.8 Å². The second kappa shape index (κ2) is 14.3. The second-order valence-electron chi connectivity index (χ2n) is 9.08. The second-order valence-corrected chi connectivity index (χ2v) is 10.9. The van der Waals surface area contributed by atoms with Crippen LogP contribution in [0.3, 0.4) is 0 Å². The van der Waals surface area contributed by atoms with Gasteiger partial charge in [-0.05, 0) is 62.2 Å². The van der Waals surface area contributed by atoms with Crippen LogP contribution < -0.4 is 14.4 Å². The minimum Gasteiger partial charge on any atom is -0.494 e. The van der Waals surface area contributed by atoms with Crippen molar-refractivity contribution in [2.75, 3.05) is 24.0 Å². The van der Waals surface area contributed by atoms with E-state index in [0.717, 1.165) is 22.7 Å². The van der Waals surface area contributed by atoms with Crippen LogP contribution in [0.5, 0.6) is 5.75 Å². The molecule has 0 aliphatic rings. The fraction of sp³-hybridized carbons (Fsp3) is 0.333. The normalized spacial score (nSPS) is 11.9. The summed E-state index contributed by atoms with van der Waals surface area (Å²) in [6.45, 7) is 6.21. The predicted molar refractivity (Wildman–Crippen MR) is 153 cm³/mol. The van der Waals surface area contributed by atoms with Crippen molar-refractivity contribution in [2.45, 2.75) is 51.1 Å². The van der Waals surface area contributed by atoms with Gasteiger partial charge in [0.25, 0.3) is 10.0 Å². The van der Waals surface area contributed by atoms with Gasteiger partial charge in [-0.3, -0.25) is 13.9 Å². The van der Waals surface area contributed by atoms with E-state index in [0.29, 0.717) is 24.6 Å². The van der Waals surface area contributed by atoms with Gasteiger partial charge >= 0.3 is 0 Å². The summed E-state index contributed by atoms with van der Waals surface area (Å²) in [5.41, 5.74) is 1.15. The van der Waals surface area contributed by atoms with Gasteiger partial charge in [0.15, 0.2) is 0 Å². The van der Waals surface area contributed by atoms with Crippen molar-refractivity contribution in [3.8, 4) is 5.75 Å². The number of nitrogens with zero attached hydrogens (tertiary/aromatic N) is 2. The molecule has 0 aliphatic carbocycles. The fourth-order valence-electron chi connectivity index (χ4n) is 4.02. The number of carbonyl (C=O) groups excluding carboxylic acids is 2. The largest absolute Gasteiger partial charge is 0.494 e. The zero-order valence-electron chi connectivity index (χ0n) is 22.7. The first-order valence-electron chi connectivity index (χ1n) is 13.2. The Morgan fingerprint density at radius 3 is 2.10 bits per heavy atom. The molecule has 3 aromatic carbocycles.